The molecule has 0 spiro atoms. The van der Waals surface area contributed by atoms with Crippen molar-refractivity contribution in [2.24, 2.45) is 12.8 Å². The molecule has 1 aromatic heterocycles. The molecule has 3 N–H and O–H groups in total. The topological polar surface area (TPSA) is 101 Å². The molecule has 1 amide bonds. The SMILES string of the molecule is Cc1nn(C)c(N(CC(N)=O)C(C)C)c1C(=O)O. The maximum Gasteiger partial charge on any atom is 0.341 e. The van der Waals surface area contributed by atoms with Crippen LogP contribution in [0, 0.1) is 6.92 Å². The van der Waals surface area contributed by atoms with Crippen molar-refractivity contribution < 1.29 is 14.7 Å². The Morgan fingerprint density at radius 2 is 2.06 bits per heavy atom. The van der Waals surface area contributed by atoms with Crippen LogP contribution in [0.1, 0.15) is 29.9 Å². The van der Waals surface area contributed by atoms with Crippen molar-refractivity contribution in [3.63, 3.8) is 0 Å². The number of aromatic carboxylic acids is 1. The Balaban J connectivity index is 3.35. The molecule has 0 aliphatic carbocycles. The summed E-state index contributed by atoms with van der Waals surface area (Å²) in [5.41, 5.74) is 5.71. The average molecular weight is 254 g/mol. The lowest BCUT2D eigenvalue weighted by Crippen LogP contribution is -2.40. The van der Waals surface area contributed by atoms with Crippen LogP contribution in [-0.2, 0) is 11.8 Å². The number of carbonyl (C=O) groups is 2. The lowest BCUT2D eigenvalue weighted by atomic mass is 10.2. The molecule has 0 aromatic carbocycles. The molecule has 0 atom stereocenters. The first kappa shape index (κ1) is 14.0. The van der Waals surface area contributed by atoms with Gasteiger partial charge >= 0.3 is 5.97 Å². The number of aryl methyl sites for hydroxylation is 2. The van der Waals surface area contributed by atoms with Crippen LogP contribution in [0.2, 0.25) is 0 Å². The van der Waals surface area contributed by atoms with Crippen LogP contribution in [0.5, 0.6) is 0 Å². The van der Waals surface area contributed by atoms with Gasteiger partial charge in [-0.3, -0.25) is 9.48 Å². The van der Waals surface area contributed by atoms with E-state index < -0.39 is 11.9 Å². The second kappa shape index (κ2) is 5.07. The molecule has 0 saturated heterocycles. The number of nitrogens with two attached hydrogens (primary N) is 1. The van der Waals surface area contributed by atoms with Gasteiger partial charge in [-0.15, -0.1) is 0 Å². The third kappa shape index (κ3) is 2.61. The Kier molecular flexibility index (Phi) is 3.95. The number of rotatable bonds is 5. The number of hydrogen-bond donors (Lipinski definition) is 2. The fraction of sp³-hybridized carbons (Fsp3) is 0.545. The number of amides is 1. The Morgan fingerprint density at radius 1 is 1.50 bits per heavy atom. The summed E-state index contributed by atoms with van der Waals surface area (Å²) in [6.07, 6.45) is 0. The number of aromatic nitrogens is 2. The first-order valence-electron chi connectivity index (χ1n) is 5.57. The van der Waals surface area contributed by atoms with Crippen molar-refractivity contribution in [1.29, 1.82) is 0 Å². The molecule has 100 valence electrons. The molecule has 1 heterocycles. The molecule has 1 aromatic rings. The van der Waals surface area contributed by atoms with Crippen molar-refractivity contribution in [2.75, 3.05) is 11.4 Å². The van der Waals surface area contributed by atoms with E-state index in [0.29, 0.717) is 11.5 Å². The van der Waals surface area contributed by atoms with Gasteiger partial charge in [-0.25, -0.2) is 4.79 Å². The summed E-state index contributed by atoms with van der Waals surface area (Å²) in [6.45, 7) is 5.29. The lowest BCUT2D eigenvalue weighted by molar-refractivity contribution is -0.116. The van der Waals surface area contributed by atoms with E-state index in [2.05, 4.69) is 5.10 Å². The zero-order valence-corrected chi connectivity index (χ0v) is 11.0. The highest BCUT2D eigenvalue weighted by Gasteiger charge is 2.26. The molecule has 0 unspecified atom stereocenters. The van der Waals surface area contributed by atoms with Gasteiger partial charge < -0.3 is 15.7 Å². The Morgan fingerprint density at radius 3 is 2.44 bits per heavy atom. The molecule has 7 nitrogen and oxygen atoms in total. The second-order valence-electron chi connectivity index (χ2n) is 4.40. The monoisotopic (exact) mass is 254 g/mol. The fourth-order valence-corrected chi connectivity index (χ4v) is 1.90. The molecular formula is C11H18N4O3. The summed E-state index contributed by atoms with van der Waals surface area (Å²) < 4.78 is 1.46. The van der Waals surface area contributed by atoms with E-state index in [9.17, 15) is 14.7 Å². The third-order valence-electron chi connectivity index (χ3n) is 2.63. The standard InChI is InChI=1S/C11H18N4O3/c1-6(2)15(5-8(12)16)10-9(11(17)18)7(3)13-14(10)4/h6H,5H2,1-4H3,(H2,12,16)(H,17,18). The third-order valence-corrected chi connectivity index (χ3v) is 2.63. The number of anilines is 1. The van der Waals surface area contributed by atoms with Crippen molar-refractivity contribution >= 4 is 17.7 Å². The van der Waals surface area contributed by atoms with Gasteiger partial charge in [-0.2, -0.15) is 5.10 Å². The van der Waals surface area contributed by atoms with Gasteiger partial charge in [0.2, 0.25) is 5.91 Å². The van der Waals surface area contributed by atoms with E-state index in [1.54, 1.807) is 18.9 Å². The van der Waals surface area contributed by atoms with Crippen LogP contribution < -0.4 is 10.6 Å². The van der Waals surface area contributed by atoms with Gasteiger partial charge in [0.25, 0.3) is 0 Å². The van der Waals surface area contributed by atoms with Gasteiger partial charge in [-0.05, 0) is 20.8 Å². The zero-order chi connectivity index (χ0) is 14.0. The van der Waals surface area contributed by atoms with Crippen molar-refractivity contribution in [3.05, 3.63) is 11.3 Å². The normalized spacial score (nSPS) is 10.7. The quantitative estimate of drug-likeness (QED) is 0.777. The summed E-state index contributed by atoms with van der Waals surface area (Å²) in [5, 5.41) is 13.3. The van der Waals surface area contributed by atoms with Gasteiger partial charge in [0.05, 0.1) is 12.2 Å². The lowest BCUT2D eigenvalue weighted by Gasteiger charge is -2.27. The van der Waals surface area contributed by atoms with E-state index in [0.717, 1.165) is 0 Å². The van der Waals surface area contributed by atoms with Crippen molar-refractivity contribution in [2.45, 2.75) is 26.8 Å². The van der Waals surface area contributed by atoms with Gasteiger partial charge in [0.1, 0.15) is 11.4 Å². The second-order valence-corrected chi connectivity index (χ2v) is 4.40. The average Bonchev–Trinajstić information content (AvgIpc) is 2.49. The maximum absolute atomic E-state index is 11.3. The summed E-state index contributed by atoms with van der Waals surface area (Å²) >= 11 is 0. The molecule has 0 aliphatic rings. The summed E-state index contributed by atoms with van der Waals surface area (Å²) in [4.78, 5) is 24.0. The van der Waals surface area contributed by atoms with E-state index in [4.69, 9.17) is 5.73 Å². The fourth-order valence-electron chi connectivity index (χ4n) is 1.90. The van der Waals surface area contributed by atoms with Crippen LogP contribution in [-0.4, -0.2) is 39.4 Å². The van der Waals surface area contributed by atoms with E-state index in [-0.39, 0.29) is 18.2 Å². The number of carboxylic acids is 1. The minimum absolute atomic E-state index is 0.0447. The van der Waals surface area contributed by atoms with Crippen LogP contribution in [0.4, 0.5) is 5.82 Å². The molecule has 1 rings (SSSR count). The van der Waals surface area contributed by atoms with E-state index in [1.165, 1.54) is 4.68 Å². The number of carboxylic acid groups (broad SMARTS) is 1. The summed E-state index contributed by atoms with van der Waals surface area (Å²) in [5.74, 6) is -1.18. The smallest absolute Gasteiger partial charge is 0.341 e. The van der Waals surface area contributed by atoms with Crippen LogP contribution >= 0.6 is 0 Å². The number of hydrogen-bond acceptors (Lipinski definition) is 4. The molecule has 0 fully saturated rings. The summed E-state index contributed by atoms with van der Waals surface area (Å²) in [6, 6.07) is -0.0644. The van der Waals surface area contributed by atoms with Crippen molar-refractivity contribution in [3.8, 4) is 0 Å². The number of primary amides is 1. The predicted octanol–water partition coefficient (Wildman–Crippen LogP) is 0.127. The van der Waals surface area contributed by atoms with Crippen LogP contribution in [0.25, 0.3) is 0 Å². The molecule has 18 heavy (non-hydrogen) atoms. The number of carbonyl (C=O) groups excluding carboxylic acids is 1. The summed E-state index contributed by atoms with van der Waals surface area (Å²) in [7, 11) is 1.64. The minimum Gasteiger partial charge on any atom is -0.477 e. The van der Waals surface area contributed by atoms with Gasteiger partial charge in [0.15, 0.2) is 0 Å². The van der Waals surface area contributed by atoms with E-state index >= 15 is 0 Å². The van der Waals surface area contributed by atoms with Crippen LogP contribution in [0.3, 0.4) is 0 Å². The first-order chi connectivity index (χ1) is 8.25. The molecular weight excluding hydrogens is 236 g/mol. The van der Waals surface area contributed by atoms with Crippen molar-refractivity contribution in [1.82, 2.24) is 9.78 Å². The molecule has 0 aliphatic heterocycles. The highest BCUT2D eigenvalue weighted by Crippen LogP contribution is 2.24. The number of nitrogens with zero attached hydrogens (tertiary/aromatic N) is 3. The maximum atomic E-state index is 11.3. The highest BCUT2D eigenvalue weighted by molar-refractivity contribution is 5.95. The largest absolute Gasteiger partial charge is 0.477 e. The zero-order valence-electron chi connectivity index (χ0n) is 11.0. The van der Waals surface area contributed by atoms with Crippen LogP contribution in [0.15, 0.2) is 0 Å². The molecule has 0 bridgehead atoms. The minimum atomic E-state index is -1.06. The Hall–Kier alpha value is -2.05. The van der Waals surface area contributed by atoms with Gasteiger partial charge in [-0.1, -0.05) is 0 Å². The Labute approximate surface area is 105 Å². The van der Waals surface area contributed by atoms with Gasteiger partial charge in [0, 0.05) is 13.1 Å². The predicted molar refractivity (Wildman–Crippen MR) is 66.6 cm³/mol. The molecule has 7 heteroatoms. The molecule has 0 saturated carbocycles. The molecule has 0 radical (unpaired) electrons. The Bertz CT molecular complexity index is 479. The highest BCUT2D eigenvalue weighted by atomic mass is 16.4. The van der Waals surface area contributed by atoms with E-state index in [1.807, 2.05) is 13.8 Å². The first-order valence-corrected chi connectivity index (χ1v) is 5.57.